The second-order valence-corrected chi connectivity index (χ2v) is 4.19. The van der Waals surface area contributed by atoms with Crippen LogP contribution in [0, 0.1) is 0 Å². The van der Waals surface area contributed by atoms with Crippen LogP contribution in [0.1, 0.15) is 18.4 Å². The van der Waals surface area contributed by atoms with Gasteiger partial charge in [0.05, 0.1) is 7.11 Å². The van der Waals surface area contributed by atoms with Gasteiger partial charge in [-0.25, -0.2) is 0 Å². The van der Waals surface area contributed by atoms with Crippen LogP contribution in [0.3, 0.4) is 0 Å². The molecule has 0 atom stereocenters. The first kappa shape index (κ1) is 11.2. The largest absolute Gasteiger partial charge is 0.497 e. The summed E-state index contributed by atoms with van der Waals surface area (Å²) in [5, 5.41) is 3.56. The van der Waals surface area contributed by atoms with E-state index < -0.39 is 0 Å². The summed E-state index contributed by atoms with van der Waals surface area (Å²) in [5.41, 5.74) is 1.36. The van der Waals surface area contributed by atoms with Gasteiger partial charge in [0, 0.05) is 6.04 Å². The average Bonchev–Trinajstić information content (AvgIpc) is 2.83. The monoisotopic (exact) mass is 217 g/mol. The molecule has 16 heavy (non-hydrogen) atoms. The van der Waals surface area contributed by atoms with Crippen molar-refractivity contribution in [2.75, 3.05) is 13.7 Å². The van der Waals surface area contributed by atoms with Gasteiger partial charge in [0.1, 0.15) is 5.75 Å². The Labute approximate surface area is 97.3 Å². The predicted octanol–water partition coefficient (Wildman–Crippen LogP) is 2.55. The summed E-state index contributed by atoms with van der Waals surface area (Å²) < 4.78 is 5.13. The van der Waals surface area contributed by atoms with Crippen molar-refractivity contribution in [2.45, 2.75) is 25.3 Å². The van der Waals surface area contributed by atoms with E-state index in [2.05, 4.69) is 29.6 Å². The molecule has 0 spiro atoms. The van der Waals surface area contributed by atoms with Crippen LogP contribution in [0.2, 0.25) is 0 Å². The highest BCUT2D eigenvalue weighted by Gasteiger charge is 2.08. The van der Waals surface area contributed by atoms with E-state index in [1.807, 2.05) is 12.1 Å². The Morgan fingerprint density at radius 3 is 2.50 bits per heavy atom. The van der Waals surface area contributed by atoms with Crippen LogP contribution < -0.4 is 10.1 Å². The summed E-state index contributed by atoms with van der Waals surface area (Å²) >= 11 is 0. The maximum atomic E-state index is 5.13. The van der Waals surface area contributed by atoms with Gasteiger partial charge in [-0.2, -0.15) is 0 Å². The highest BCUT2D eigenvalue weighted by molar-refractivity contribution is 5.27. The Bertz CT molecular complexity index is 334. The van der Waals surface area contributed by atoms with Crippen molar-refractivity contribution in [3.8, 4) is 5.75 Å². The zero-order valence-electron chi connectivity index (χ0n) is 9.78. The van der Waals surface area contributed by atoms with Gasteiger partial charge in [-0.1, -0.05) is 24.3 Å². The third-order valence-corrected chi connectivity index (χ3v) is 3.01. The van der Waals surface area contributed by atoms with Gasteiger partial charge in [-0.3, -0.25) is 0 Å². The van der Waals surface area contributed by atoms with Crippen LogP contribution in [0.5, 0.6) is 5.75 Å². The molecular weight excluding hydrogens is 198 g/mol. The van der Waals surface area contributed by atoms with Crippen LogP contribution in [-0.4, -0.2) is 19.7 Å². The molecule has 86 valence electrons. The van der Waals surface area contributed by atoms with Crippen molar-refractivity contribution in [3.63, 3.8) is 0 Å². The molecule has 1 aromatic rings. The molecular formula is C14H19NO. The molecule has 2 rings (SSSR count). The number of ether oxygens (including phenoxy) is 1. The summed E-state index contributed by atoms with van der Waals surface area (Å²) in [7, 11) is 1.70. The SMILES string of the molecule is COc1ccc(CCNC2CC=CC2)cc1. The molecule has 1 N–H and O–H groups in total. The molecule has 0 amide bonds. The first-order valence-electron chi connectivity index (χ1n) is 5.90. The summed E-state index contributed by atoms with van der Waals surface area (Å²) in [6.45, 7) is 1.05. The Kier molecular flexibility index (Phi) is 4.00. The highest BCUT2D eigenvalue weighted by atomic mass is 16.5. The number of methoxy groups -OCH3 is 1. The Balaban J connectivity index is 1.72. The van der Waals surface area contributed by atoms with Crippen molar-refractivity contribution in [2.24, 2.45) is 0 Å². The van der Waals surface area contributed by atoms with Gasteiger partial charge in [-0.15, -0.1) is 0 Å². The van der Waals surface area contributed by atoms with Crippen LogP contribution in [0.15, 0.2) is 36.4 Å². The summed E-state index contributed by atoms with van der Waals surface area (Å²) in [6, 6.07) is 8.97. The zero-order chi connectivity index (χ0) is 11.2. The molecule has 2 heteroatoms. The van der Waals surface area contributed by atoms with Gasteiger partial charge in [0.25, 0.3) is 0 Å². The number of hydrogen-bond acceptors (Lipinski definition) is 2. The van der Waals surface area contributed by atoms with E-state index in [9.17, 15) is 0 Å². The lowest BCUT2D eigenvalue weighted by Gasteiger charge is -2.11. The molecule has 0 bridgehead atoms. The molecule has 0 fully saturated rings. The number of hydrogen-bond donors (Lipinski definition) is 1. The molecule has 1 aliphatic rings. The minimum atomic E-state index is 0.665. The van der Waals surface area contributed by atoms with E-state index in [0.29, 0.717) is 6.04 Å². The molecule has 0 saturated heterocycles. The third-order valence-electron chi connectivity index (χ3n) is 3.01. The first-order valence-corrected chi connectivity index (χ1v) is 5.90. The number of benzene rings is 1. The van der Waals surface area contributed by atoms with Crippen molar-refractivity contribution < 1.29 is 4.74 Å². The number of rotatable bonds is 5. The fourth-order valence-corrected chi connectivity index (χ4v) is 2.00. The molecule has 0 radical (unpaired) electrons. The van der Waals surface area contributed by atoms with Crippen LogP contribution >= 0.6 is 0 Å². The second kappa shape index (κ2) is 5.71. The standard InChI is InChI=1S/C14H19NO/c1-16-14-8-6-12(7-9-14)10-11-15-13-4-2-3-5-13/h2-3,6-9,13,15H,4-5,10-11H2,1H3. The van der Waals surface area contributed by atoms with Crippen molar-refractivity contribution in [3.05, 3.63) is 42.0 Å². The topological polar surface area (TPSA) is 21.3 Å². The van der Waals surface area contributed by atoms with Crippen molar-refractivity contribution in [1.82, 2.24) is 5.32 Å². The van der Waals surface area contributed by atoms with Gasteiger partial charge in [0.15, 0.2) is 0 Å². The Morgan fingerprint density at radius 2 is 1.88 bits per heavy atom. The molecule has 0 aromatic heterocycles. The minimum absolute atomic E-state index is 0.665. The Morgan fingerprint density at radius 1 is 1.19 bits per heavy atom. The van der Waals surface area contributed by atoms with Gasteiger partial charge < -0.3 is 10.1 Å². The lowest BCUT2D eigenvalue weighted by molar-refractivity contribution is 0.414. The summed E-state index contributed by atoms with van der Waals surface area (Å²) in [6.07, 6.45) is 7.96. The van der Waals surface area contributed by atoms with Gasteiger partial charge in [0.2, 0.25) is 0 Å². The summed E-state index contributed by atoms with van der Waals surface area (Å²) in [5.74, 6) is 0.928. The van der Waals surface area contributed by atoms with E-state index in [4.69, 9.17) is 4.74 Å². The highest BCUT2D eigenvalue weighted by Crippen LogP contribution is 2.12. The van der Waals surface area contributed by atoms with Gasteiger partial charge in [-0.05, 0) is 43.5 Å². The average molecular weight is 217 g/mol. The quantitative estimate of drug-likeness (QED) is 0.765. The fourth-order valence-electron chi connectivity index (χ4n) is 2.00. The van der Waals surface area contributed by atoms with E-state index in [0.717, 1.165) is 18.7 Å². The molecule has 0 aliphatic heterocycles. The molecule has 0 saturated carbocycles. The molecule has 1 aliphatic carbocycles. The maximum Gasteiger partial charge on any atom is 0.118 e. The van der Waals surface area contributed by atoms with E-state index >= 15 is 0 Å². The molecule has 0 unspecified atom stereocenters. The smallest absolute Gasteiger partial charge is 0.118 e. The lowest BCUT2D eigenvalue weighted by atomic mass is 10.1. The van der Waals surface area contributed by atoms with E-state index in [1.165, 1.54) is 18.4 Å². The van der Waals surface area contributed by atoms with Crippen LogP contribution in [0.25, 0.3) is 0 Å². The fraction of sp³-hybridized carbons (Fsp3) is 0.429. The lowest BCUT2D eigenvalue weighted by Crippen LogP contribution is -2.28. The second-order valence-electron chi connectivity index (χ2n) is 4.19. The van der Waals surface area contributed by atoms with Crippen molar-refractivity contribution in [1.29, 1.82) is 0 Å². The molecule has 2 nitrogen and oxygen atoms in total. The zero-order valence-corrected chi connectivity index (χ0v) is 9.78. The predicted molar refractivity (Wildman–Crippen MR) is 66.9 cm³/mol. The number of nitrogens with one attached hydrogen (secondary N) is 1. The maximum absolute atomic E-state index is 5.13. The van der Waals surface area contributed by atoms with Crippen molar-refractivity contribution >= 4 is 0 Å². The molecule has 1 aromatic carbocycles. The van der Waals surface area contributed by atoms with Gasteiger partial charge >= 0.3 is 0 Å². The minimum Gasteiger partial charge on any atom is -0.497 e. The third kappa shape index (κ3) is 3.11. The van der Waals surface area contributed by atoms with Crippen LogP contribution in [-0.2, 0) is 6.42 Å². The molecule has 0 heterocycles. The van der Waals surface area contributed by atoms with E-state index in [1.54, 1.807) is 7.11 Å². The summed E-state index contributed by atoms with van der Waals surface area (Å²) in [4.78, 5) is 0. The van der Waals surface area contributed by atoms with E-state index in [-0.39, 0.29) is 0 Å². The first-order chi connectivity index (χ1) is 7.88. The normalized spacial score (nSPS) is 15.6. The Hall–Kier alpha value is -1.28. The van der Waals surface area contributed by atoms with Crippen LogP contribution in [0.4, 0.5) is 0 Å².